The van der Waals surface area contributed by atoms with Crippen molar-refractivity contribution in [1.29, 1.82) is 0 Å². The zero-order chi connectivity index (χ0) is 36.7. The van der Waals surface area contributed by atoms with Crippen LogP contribution in [0, 0.1) is 0 Å². The van der Waals surface area contributed by atoms with Crippen LogP contribution in [0.25, 0.3) is 54.3 Å². The molecule has 0 atom stereocenters. The molecule has 4 heteroatoms. The second kappa shape index (κ2) is 12.0. The molecule has 0 amide bonds. The summed E-state index contributed by atoms with van der Waals surface area (Å²) in [5.41, 5.74) is 11.7. The summed E-state index contributed by atoms with van der Waals surface area (Å²) >= 11 is 0. The molecule has 11 rings (SSSR count). The summed E-state index contributed by atoms with van der Waals surface area (Å²) in [6.45, 7) is 4.70. The molecule has 0 saturated carbocycles. The highest BCUT2D eigenvalue weighted by molar-refractivity contribution is 6.28. The third-order valence-corrected chi connectivity index (χ3v) is 11.7. The van der Waals surface area contributed by atoms with Crippen LogP contribution in [0.15, 0.2) is 182 Å². The average molecular weight is 705 g/mol. The summed E-state index contributed by atoms with van der Waals surface area (Å²) in [5, 5.41) is 8.29. The zero-order valence-electron chi connectivity index (χ0n) is 30.6. The predicted molar refractivity (Wildman–Crippen MR) is 230 cm³/mol. The largest absolute Gasteiger partial charge is 0.309 e. The Hall–Kier alpha value is -7.04. The summed E-state index contributed by atoms with van der Waals surface area (Å²) in [7, 11) is 0. The molecule has 1 aliphatic rings. The van der Waals surface area contributed by atoms with Gasteiger partial charge in [0.05, 0.1) is 22.6 Å². The summed E-state index contributed by atoms with van der Waals surface area (Å²) in [5.74, 6) is 0.851. The highest BCUT2D eigenvalue weighted by Crippen LogP contribution is 2.55. The Labute approximate surface area is 319 Å². The van der Waals surface area contributed by atoms with Crippen molar-refractivity contribution in [3.05, 3.63) is 193 Å². The van der Waals surface area contributed by atoms with E-state index in [1.807, 2.05) is 6.07 Å². The minimum atomic E-state index is -0.108. The maximum Gasteiger partial charge on any atom is 0.148 e. The van der Waals surface area contributed by atoms with Crippen LogP contribution < -0.4 is 9.80 Å². The number of benzene rings is 9. The van der Waals surface area contributed by atoms with Crippen LogP contribution in [0.1, 0.15) is 25.0 Å². The second-order valence-electron chi connectivity index (χ2n) is 15.0. The van der Waals surface area contributed by atoms with E-state index in [9.17, 15) is 0 Å². The van der Waals surface area contributed by atoms with Crippen molar-refractivity contribution in [3.63, 3.8) is 0 Å². The van der Waals surface area contributed by atoms with Crippen LogP contribution in [0.5, 0.6) is 0 Å². The van der Waals surface area contributed by atoms with Crippen molar-refractivity contribution in [1.82, 2.24) is 9.97 Å². The molecular formula is C51H36N4. The first kappa shape index (κ1) is 31.5. The van der Waals surface area contributed by atoms with Gasteiger partial charge >= 0.3 is 0 Å². The van der Waals surface area contributed by atoms with Crippen LogP contribution in [0.4, 0.5) is 34.3 Å². The van der Waals surface area contributed by atoms with E-state index in [1.165, 1.54) is 60.3 Å². The van der Waals surface area contributed by atoms with Gasteiger partial charge in [-0.15, -0.1) is 0 Å². The highest BCUT2D eigenvalue weighted by Gasteiger charge is 2.38. The molecule has 9 aromatic carbocycles. The van der Waals surface area contributed by atoms with Crippen molar-refractivity contribution in [2.45, 2.75) is 19.3 Å². The van der Waals surface area contributed by atoms with Crippen LogP contribution in [-0.2, 0) is 5.41 Å². The van der Waals surface area contributed by atoms with Gasteiger partial charge in [0, 0.05) is 38.5 Å². The quantitative estimate of drug-likeness (QED) is 0.161. The lowest BCUT2D eigenvalue weighted by molar-refractivity contribution is 0.660. The average Bonchev–Trinajstić information content (AvgIpc) is 3.48. The minimum Gasteiger partial charge on any atom is -0.309 e. The Morgan fingerprint density at radius 3 is 1.69 bits per heavy atom. The van der Waals surface area contributed by atoms with Crippen molar-refractivity contribution in [2.75, 3.05) is 9.80 Å². The standard InChI is InChI=1S/C51H36N4/c1-51(2)41-20-11-9-18-37(41)49-42(51)21-13-23-46(49)54(35-14-5-3-6-15-35)44-30-26-33-25-29-40-45(31-27-34-24-28-39(44)47(33)48(34)40)55(36-16-7-4-8-17-36)50-38-19-10-12-22-43(38)52-32-53-50/h3-32H,1-2H3. The molecule has 0 saturated heterocycles. The molecule has 0 aliphatic heterocycles. The maximum atomic E-state index is 4.94. The summed E-state index contributed by atoms with van der Waals surface area (Å²) < 4.78 is 0. The lowest BCUT2D eigenvalue weighted by Gasteiger charge is -2.30. The number of hydrogen-bond acceptors (Lipinski definition) is 4. The first-order valence-corrected chi connectivity index (χ1v) is 18.9. The Kier molecular flexibility index (Phi) is 6.86. The fourth-order valence-electron chi connectivity index (χ4n) is 9.19. The number of para-hydroxylation sites is 3. The van der Waals surface area contributed by atoms with Gasteiger partial charge in [0.2, 0.25) is 0 Å². The summed E-state index contributed by atoms with van der Waals surface area (Å²) in [4.78, 5) is 14.3. The second-order valence-corrected chi connectivity index (χ2v) is 15.0. The highest BCUT2D eigenvalue weighted by atomic mass is 15.2. The normalized spacial score (nSPS) is 13.1. The SMILES string of the molecule is CC1(C)c2ccccc2-c2c(N(c3ccccc3)c3ccc4ccc5c(N(c6ccccc6)c6ncnc7ccccc67)ccc6ccc3c4c65)cccc21. The fourth-order valence-corrected chi connectivity index (χ4v) is 9.19. The zero-order valence-corrected chi connectivity index (χ0v) is 30.6. The number of aromatic nitrogens is 2. The Morgan fingerprint density at radius 1 is 0.418 bits per heavy atom. The molecule has 0 unspecified atom stereocenters. The van der Waals surface area contributed by atoms with E-state index in [-0.39, 0.29) is 5.41 Å². The monoisotopic (exact) mass is 704 g/mol. The smallest absolute Gasteiger partial charge is 0.148 e. The molecule has 1 aromatic heterocycles. The molecule has 0 bridgehead atoms. The van der Waals surface area contributed by atoms with Crippen LogP contribution in [-0.4, -0.2) is 9.97 Å². The number of rotatable bonds is 6. The van der Waals surface area contributed by atoms with Gasteiger partial charge in [-0.25, -0.2) is 9.97 Å². The van der Waals surface area contributed by atoms with Crippen molar-refractivity contribution in [2.24, 2.45) is 0 Å². The third-order valence-electron chi connectivity index (χ3n) is 11.7. The van der Waals surface area contributed by atoms with Crippen LogP contribution in [0.2, 0.25) is 0 Å². The van der Waals surface area contributed by atoms with Gasteiger partial charge in [-0.05, 0) is 92.8 Å². The summed E-state index contributed by atoms with van der Waals surface area (Å²) in [6.07, 6.45) is 1.67. The number of fused-ring (bicyclic) bond motifs is 4. The third kappa shape index (κ3) is 4.64. The summed E-state index contributed by atoms with van der Waals surface area (Å²) in [6, 6.07) is 63.7. The first-order valence-electron chi connectivity index (χ1n) is 18.9. The van der Waals surface area contributed by atoms with E-state index < -0.39 is 0 Å². The Morgan fingerprint density at radius 2 is 0.982 bits per heavy atom. The van der Waals surface area contributed by atoms with Crippen molar-refractivity contribution >= 4 is 77.5 Å². The van der Waals surface area contributed by atoms with E-state index in [4.69, 9.17) is 4.98 Å². The number of hydrogen-bond donors (Lipinski definition) is 0. The number of anilines is 6. The van der Waals surface area contributed by atoms with Gasteiger partial charge in [0.15, 0.2) is 0 Å². The minimum absolute atomic E-state index is 0.108. The van der Waals surface area contributed by atoms with E-state index in [0.29, 0.717) is 0 Å². The van der Waals surface area contributed by atoms with Gasteiger partial charge in [0.25, 0.3) is 0 Å². The molecule has 55 heavy (non-hydrogen) atoms. The van der Waals surface area contributed by atoms with Crippen molar-refractivity contribution in [3.8, 4) is 11.1 Å². The molecule has 0 radical (unpaired) electrons. The molecule has 10 aromatic rings. The van der Waals surface area contributed by atoms with E-state index in [1.54, 1.807) is 6.33 Å². The molecule has 1 aliphatic carbocycles. The van der Waals surface area contributed by atoms with E-state index in [0.717, 1.165) is 39.5 Å². The lowest BCUT2D eigenvalue weighted by atomic mass is 9.82. The van der Waals surface area contributed by atoms with Gasteiger partial charge in [-0.1, -0.05) is 135 Å². The first-order chi connectivity index (χ1) is 27.1. The van der Waals surface area contributed by atoms with Gasteiger partial charge in [-0.3, -0.25) is 4.90 Å². The molecule has 260 valence electrons. The Bertz CT molecular complexity index is 3070. The molecule has 1 heterocycles. The predicted octanol–water partition coefficient (Wildman–Crippen LogP) is 13.8. The number of nitrogens with zero attached hydrogens (tertiary/aromatic N) is 4. The van der Waals surface area contributed by atoms with Gasteiger partial charge in [-0.2, -0.15) is 0 Å². The molecule has 0 N–H and O–H groups in total. The topological polar surface area (TPSA) is 32.3 Å². The molecule has 0 fully saturated rings. The van der Waals surface area contributed by atoms with E-state index in [2.05, 4.69) is 198 Å². The fraction of sp³-hybridized carbons (Fsp3) is 0.0588. The van der Waals surface area contributed by atoms with Crippen molar-refractivity contribution < 1.29 is 0 Å². The van der Waals surface area contributed by atoms with Gasteiger partial charge < -0.3 is 4.90 Å². The lowest BCUT2D eigenvalue weighted by Crippen LogP contribution is -2.16. The van der Waals surface area contributed by atoms with Crippen LogP contribution >= 0.6 is 0 Å². The van der Waals surface area contributed by atoms with E-state index >= 15 is 0 Å². The molecule has 4 nitrogen and oxygen atoms in total. The Balaban J connectivity index is 1.19. The molecule has 0 spiro atoms. The van der Waals surface area contributed by atoms with Gasteiger partial charge in [0.1, 0.15) is 12.1 Å². The van der Waals surface area contributed by atoms with Crippen LogP contribution in [0.3, 0.4) is 0 Å². The molecular weight excluding hydrogens is 669 g/mol. The maximum absolute atomic E-state index is 4.94.